The molecule has 0 radical (unpaired) electrons. The number of fused-ring (bicyclic) bond motifs is 1. The first-order valence-corrected chi connectivity index (χ1v) is 6.77. The monoisotopic (exact) mass is 270 g/mol. The molecule has 1 aliphatic carbocycles. The normalized spacial score (nSPS) is 12.9. The quantitative estimate of drug-likeness (QED) is 0.894. The molecule has 0 fully saturated rings. The largest absolute Gasteiger partial charge is 0.490 e. The highest BCUT2D eigenvalue weighted by atomic mass is 16.5. The number of aromatic nitrogens is 2. The zero-order chi connectivity index (χ0) is 13.9. The maximum Gasteiger partial charge on any atom is 0.204 e. The molecular weight excluding hydrogens is 252 g/mol. The molecule has 0 atom stereocenters. The van der Waals surface area contributed by atoms with E-state index < -0.39 is 0 Å². The number of anilines is 3. The van der Waals surface area contributed by atoms with Crippen molar-refractivity contribution in [1.29, 1.82) is 0 Å². The molecule has 1 heterocycles. The zero-order valence-corrected chi connectivity index (χ0v) is 11.7. The third-order valence-electron chi connectivity index (χ3n) is 3.61. The Labute approximate surface area is 118 Å². The molecule has 0 saturated heterocycles. The van der Waals surface area contributed by atoms with Gasteiger partial charge in [-0.2, -0.15) is 0 Å². The molecule has 1 aromatic heterocycles. The van der Waals surface area contributed by atoms with Crippen LogP contribution in [0, 0.1) is 0 Å². The highest BCUT2D eigenvalue weighted by Crippen LogP contribution is 2.32. The van der Waals surface area contributed by atoms with Gasteiger partial charge in [0.05, 0.1) is 7.11 Å². The van der Waals surface area contributed by atoms with Gasteiger partial charge < -0.3 is 15.4 Å². The second-order valence-electron chi connectivity index (χ2n) is 4.82. The van der Waals surface area contributed by atoms with Gasteiger partial charge in [0.25, 0.3) is 0 Å². The van der Waals surface area contributed by atoms with Crippen LogP contribution in [-0.2, 0) is 12.8 Å². The van der Waals surface area contributed by atoms with Gasteiger partial charge in [0, 0.05) is 12.7 Å². The number of rotatable bonds is 4. The minimum Gasteiger partial charge on any atom is -0.490 e. The molecule has 0 bridgehead atoms. The van der Waals surface area contributed by atoms with Crippen LogP contribution < -0.4 is 15.4 Å². The second kappa shape index (κ2) is 5.36. The molecule has 104 valence electrons. The summed E-state index contributed by atoms with van der Waals surface area (Å²) in [6.07, 6.45) is 5.12. The SMILES string of the molecule is CNc1ncnc(Nc2ccc3c(c2)CCC3)c1OC. The Hall–Kier alpha value is -2.30. The van der Waals surface area contributed by atoms with Crippen molar-refractivity contribution in [3.05, 3.63) is 35.7 Å². The molecule has 1 aromatic carbocycles. The highest BCUT2D eigenvalue weighted by molar-refractivity contribution is 5.69. The van der Waals surface area contributed by atoms with Crippen LogP contribution in [0.25, 0.3) is 0 Å². The number of ether oxygens (including phenoxy) is 1. The Morgan fingerprint density at radius 3 is 2.70 bits per heavy atom. The number of nitrogens with one attached hydrogen (secondary N) is 2. The van der Waals surface area contributed by atoms with E-state index >= 15 is 0 Å². The Morgan fingerprint density at radius 2 is 1.90 bits per heavy atom. The van der Waals surface area contributed by atoms with E-state index in [0.29, 0.717) is 17.4 Å². The molecule has 2 aromatic rings. The standard InChI is InChI=1S/C15H18N4O/c1-16-14-13(20-2)15(18-9-17-14)19-12-7-6-10-4-3-5-11(10)8-12/h6-9H,3-5H2,1-2H3,(H2,16,17,18,19). The van der Waals surface area contributed by atoms with Crippen LogP contribution in [0.1, 0.15) is 17.5 Å². The predicted octanol–water partition coefficient (Wildman–Crippen LogP) is 2.76. The Kier molecular flexibility index (Phi) is 3.41. The lowest BCUT2D eigenvalue weighted by Crippen LogP contribution is -2.03. The lowest BCUT2D eigenvalue weighted by atomic mass is 10.1. The van der Waals surface area contributed by atoms with Crippen molar-refractivity contribution >= 4 is 17.3 Å². The average molecular weight is 270 g/mol. The van der Waals surface area contributed by atoms with E-state index in [0.717, 1.165) is 12.1 Å². The molecule has 3 rings (SSSR count). The number of hydrogen-bond donors (Lipinski definition) is 2. The summed E-state index contributed by atoms with van der Waals surface area (Å²) in [5.74, 6) is 1.96. The number of benzene rings is 1. The maximum atomic E-state index is 5.38. The maximum absolute atomic E-state index is 5.38. The van der Waals surface area contributed by atoms with E-state index in [9.17, 15) is 0 Å². The van der Waals surface area contributed by atoms with Crippen LogP contribution in [0.5, 0.6) is 5.75 Å². The fourth-order valence-corrected chi connectivity index (χ4v) is 2.62. The minimum atomic E-state index is 0.621. The van der Waals surface area contributed by atoms with Gasteiger partial charge in [-0.3, -0.25) is 0 Å². The van der Waals surface area contributed by atoms with E-state index in [1.54, 1.807) is 7.11 Å². The summed E-state index contributed by atoms with van der Waals surface area (Å²) in [7, 11) is 3.43. The van der Waals surface area contributed by atoms with Gasteiger partial charge in [-0.25, -0.2) is 9.97 Å². The van der Waals surface area contributed by atoms with Crippen molar-refractivity contribution in [3.8, 4) is 5.75 Å². The summed E-state index contributed by atoms with van der Waals surface area (Å²) in [6.45, 7) is 0. The van der Waals surface area contributed by atoms with Crippen LogP contribution in [-0.4, -0.2) is 24.1 Å². The average Bonchev–Trinajstić information content (AvgIpc) is 2.94. The predicted molar refractivity (Wildman–Crippen MR) is 79.9 cm³/mol. The summed E-state index contributed by atoms with van der Waals surface area (Å²) in [6, 6.07) is 6.48. The fourth-order valence-electron chi connectivity index (χ4n) is 2.62. The molecule has 2 N–H and O–H groups in total. The minimum absolute atomic E-state index is 0.621. The smallest absolute Gasteiger partial charge is 0.204 e. The fraction of sp³-hybridized carbons (Fsp3) is 0.333. The lowest BCUT2D eigenvalue weighted by molar-refractivity contribution is 0.415. The number of hydrogen-bond acceptors (Lipinski definition) is 5. The van der Waals surface area contributed by atoms with Crippen molar-refractivity contribution in [2.45, 2.75) is 19.3 Å². The van der Waals surface area contributed by atoms with Crippen molar-refractivity contribution in [1.82, 2.24) is 9.97 Å². The van der Waals surface area contributed by atoms with Crippen molar-refractivity contribution in [2.75, 3.05) is 24.8 Å². The molecule has 0 saturated carbocycles. The summed E-state index contributed by atoms with van der Waals surface area (Å²) < 4.78 is 5.38. The number of methoxy groups -OCH3 is 1. The highest BCUT2D eigenvalue weighted by Gasteiger charge is 2.14. The molecule has 0 amide bonds. The first kappa shape index (κ1) is 12.7. The molecule has 0 spiro atoms. The van der Waals surface area contributed by atoms with Gasteiger partial charge in [0.2, 0.25) is 5.75 Å². The Balaban J connectivity index is 1.91. The van der Waals surface area contributed by atoms with Gasteiger partial charge in [0.15, 0.2) is 11.6 Å². The summed E-state index contributed by atoms with van der Waals surface area (Å²) in [4.78, 5) is 8.40. The van der Waals surface area contributed by atoms with Crippen LogP contribution in [0.4, 0.5) is 17.3 Å². The van der Waals surface area contributed by atoms with E-state index in [-0.39, 0.29) is 0 Å². The van der Waals surface area contributed by atoms with Gasteiger partial charge in [-0.1, -0.05) is 6.07 Å². The van der Waals surface area contributed by atoms with Gasteiger partial charge in [0.1, 0.15) is 6.33 Å². The topological polar surface area (TPSA) is 59.1 Å². The third kappa shape index (κ3) is 2.27. The second-order valence-corrected chi connectivity index (χ2v) is 4.82. The first-order valence-electron chi connectivity index (χ1n) is 6.77. The summed E-state index contributed by atoms with van der Waals surface area (Å²) in [5.41, 5.74) is 3.92. The molecule has 0 aliphatic heterocycles. The first-order chi connectivity index (χ1) is 9.81. The van der Waals surface area contributed by atoms with Crippen LogP contribution in [0.2, 0.25) is 0 Å². The lowest BCUT2D eigenvalue weighted by Gasteiger charge is -2.13. The van der Waals surface area contributed by atoms with Crippen molar-refractivity contribution < 1.29 is 4.74 Å². The molecule has 20 heavy (non-hydrogen) atoms. The van der Waals surface area contributed by atoms with Crippen molar-refractivity contribution in [3.63, 3.8) is 0 Å². The Morgan fingerprint density at radius 1 is 1.10 bits per heavy atom. The van der Waals surface area contributed by atoms with E-state index in [1.807, 2.05) is 7.05 Å². The molecular formula is C15H18N4O. The Bertz CT molecular complexity index is 627. The van der Waals surface area contributed by atoms with Crippen LogP contribution >= 0.6 is 0 Å². The third-order valence-corrected chi connectivity index (χ3v) is 3.61. The molecule has 5 heteroatoms. The van der Waals surface area contributed by atoms with Gasteiger partial charge in [-0.05, 0) is 42.5 Å². The molecule has 1 aliphatic rings. The van der Waals surface area contributed by atoms with E-state index in [2.05, 4.69) is 38.8 Å². The summed E-state index contributed by atoms with van der Waals surface area (Å²) in [5, 5.41) is 6.31. The van der Waals surface area contributed by atoms with E-state index in [1.165, 1.54) is 30.3 Å². The van der Waals surface area contributed by atoms with Crippen LogP contribution in [0.15, 0.2) is 24.5 Å². The number of nitrogens with zero attached hydrogens (tertiary/aromatic N) is 2. The molecule has 5 nitrogen and oxygen atoms in total. The van der Waals surface area contributed by atoms with Gasteiger partial charge in [-0.15, -0.1) is 0 Å². The zero-order valence-electron chi connectivity index (χ0n) is 11.7. The van der Waals surface area contributed by atoms with Gasteiger partial charge >= 0.3 is 0 Å². The number of aryl methyl sites for hydroxylation is 2. The van der Waals surface area contributed by atoms with Crippen LogP contribution in [0.3, 0.4) is 0 Å². The van der Waals surface area contributed by atoms with E-state index in [4.69, 9.17) is 4.74 Å². The van der Waals surface area contributed by atoms with Crippen molar-refractivity contribution in [2.24, 2.45) is 0 Å². The summed E-state index contributed by atoms with van der Waals surface area (Å²) >= 11 is 0. The molecule has 0 unspecified atom stereocenters.